The first-order chi connectivity index (χ1) is 14.1. The van der Waals surface area contributed by atoms with Crippen molar-refractivity contribution in [3.05, 3.63) is 76.8 Å². The third kappa shape index (κ3) is 5.51. The van der Waals surface area contributed by atoms with E-state index in [2.05, 4.69) is 27.2 Å². The maximum Gasteiger partial charge on any atom is 0.261 e. The van der Waals surface area contributed by atoms with Crippen LogP contribution >= 0.6 is 11.6 Å². The van der Waals surface area contributed by atoms with Gasteiger partial charge in [0.05, 0.1) is 17.7 Å². The molecule has 1 N–H and O–H groups in total. The van der Waals surface area contributed by atoms with Crippen molar-refractivity contribution in [1.29, 1.82) is 0 Å². The Morgan fingerprint density at radius 2 is 1.83 bits per heavy atom. The number of rotatable bonds is 3. The van der Waals surface area contributed by atoms with E-state index in [0.717, 1.165) is 34.9 Å². The molecule has 0 saturated heterocycles. The molecule has 0 amide bonds. The predicted molar refractivity (Wildman–Crippen MR) is 117 cm³/mol. The normalized spacial score (nSPS) is 15.4. The van der Waals surface area contributed by atoms with Gasteiger partial charge >= 0.3 is 0 Å². The monoisotopic (exact) mass is 447 g/mol. The van der Waals surface area contributed by atoms with Gasteiger partial charge in [-0.1, -0.05) is 41.9 Å². The molecule has 0 saturated carbocycles. The van der Waals surface area contributed by atoms with Crippen LogP contribution in [0.1, 0.15) is 23.0 Å². The molecule has 0 spiro atoms. The highest BCUT2D eigenvalue weighted by molar-refractivity contribution is 7.85. The first-order valence-corrected chi connectivity index (χ1v) is 11.3. The van der Waals surface area contributed by atoms with E-state index in [0.29, 0.717) is 11.3 Å². The van der Waals surface area contributed by atoms with Gasteiger partial charge in [0.25, 0.3) is 10.1 Å². The van der Waals surface area contributed by atoms with Crippen molar-refractivity contribution in [3.63, 3.8) is 0 Å². The zero-order valence-electron chi connectivity index (χ0n) is 16.8. The van der Waals surface area contributed by atoms with E-state index in [9.17, 15) is 8.42 Å². The molecule has 1 aromatic heterocycles. The van der Waals surface area contributed by atoms with Crippen molar-refractivity contribution in [1.82, 2.24) is 19.7 Å². The fourth-order valence-electron chi connectivity index (χ4n) is 3.14. The van der Waals surface area contributed by atoms with Crippen molar-refractivity contribution in [3.8, 4) is 5.69 Å². The summed E-state index contributed by atoms with van der Waals surface area (Å²) in [5, 5.41) is 9.14. The number of aliphatic imine (C=N–C) groups is 1. The van der Waals surface area contributed by atoms with Crippen LogP contribution in [0, 0.1) is 0 Å². The van der Waals surface area contributed by atoms with Crippen molar-refractivity contribution in [2.24, 2.45) is 4.99 Å². The number of likely N-dealkylation sites (N-methyl/N-ethyl adjacent to an activating group) is 1. The van der Waals surface area contributed by atoms with Crippen LogP contribution in [0.25, 0.3) is 5.69 Å². The van der Waals surface area contributed by atoms with Gasteiger partial charge in [0.15, 0.2) is 5.82 Å². The Balaban J connectivity index is 0.000000461. The fraction of sp³-hybridized carbons (Fsp3) is 0.250. The molecule has 0 bridgehead atoms. The van der Waals surface area contributed by atoms with Crippen LogP contribution in [0.3, 0.4) is 0 Å². The van der Waals surface area contributed by atoms with Gasteiger partial charge in [-0.2, -0.15) is 8.42 Å². The third-order valence-electron chi connectivity index (χ3n) is 4.22. The SMILES string of the molecule is CN(C)CC1N=C(c2ccccc2)c2cc(Cl)ccc2-n2cnnc21.CS(=O)(=O)O. The summed E-state index contributed by atoms with van der Waals surface area (Å²) >= 11 is 6.30. The van der Waals surface area contributed by atoms with Gasteiger partial charge in [0, 0.05) is 22.7 Å². The highest BCUT2D eigenvalue weighted by Gasteiger charge is 2.26. The second-order valence-corrected chi connectivity index (χ2v) is 8.98. The number of hydrogen-bond acceptors (Lipinski definition) is 6. The van der Waals surface area contributed by atoms with Gasteiger partial charge < -0.3 is 4.90 Å². The smallest absolute Gasteiger partial charge is 0.261 e. The van der Waals surface area contributed by atoms with E-state index in [1.165, 1.54) is 0 Å². The molecule has 1 aliphatic rings. The number of fused-ring (bicyclic) bond motifs is 3. The number of benzene rings is 2. The molecular weight excluding hydrogens is 426 g/mol. The summed E-state index contributed by atoms with van der Waals surface area (Å²) in [6.07, 6.45) is 2.46. The second-order valence-electron chi connectivity index (χ2n) is 7.08. The molecule has 8 nitrogen and oxygen atoms in total. The minimum Gasteiger partial charge on any atom is -0.307 e. The van der Waals surface area contributed by atoms with Gasteiger partial charge in [0.1, 0.15) is 12.4 Å². The summed E-state index contributed by atoms with van der Waals surface area (Å²) in [6, 6.07) is 15.9. The summed E-state index contributed by atoms with van der Waals surface area (Å²) in [5.41, 5.74) is 3.97. The third-order valence-corrected chi connectivity index (χ3v) is 4.45. The lowest BCUT2D eigenvalue weighted by atomic mass is 10.0. The first-order valence-electron chi connectivity index (χ1n) is 9.04. The number of hydrogen-bond donors (Lipinski definition) is 1. The molecule has 1 aliphatic heterocycles. The molecule has 0 aliphatic carbocycles. The largest absolute Gasteiger partial charge is 0.307 e. The number of aromatic nitrogens is 3. The Labute approximate surface area is 180 Å². The van der Waals surface area contributed by atoms with Crippen LogP contribution in [0.5, 0.6) is 0 Å². The van der Waals surface area contributed by atoms with Crippen molar-refractivity contribution < 1.29 is 13.0 Å². The quantitative estimate of drug-likeness (QED) is 0.619. The number of nitrogens with zero attached hydrogens (tertiary/aromatic N) is 5. The van der Waals surface area contributed by atoms with Gasteiger partial charge in [-0.15, -0.1) is 10.2 Å². The lowest BCUT2D eigenvalue weighted by Crippen LogP contribution is -2.21. The van der Waals surface area contributed by atoms with Crippen LogP contribution in [-0.4, -0.2) is 65.2 Å². The van der Waals surface area contributed by atoms with Gasteiger partial charge in [-0.25, -0.2) is 0 Å². The molecular formula is C20H22ClN5O3S. The highest BCUT2D eigenvalue weighted by atomic mass is 35.5. The van der Waals surface area contributed by atoms with E-state index in [4.69, 9.17) is 21.1 Å². The second kappa shape index (κ2) is 9.05. The molecule has 10 heteroatoms. The molecule has 0 fully saturated rings. The molecule has 30 heavy (non-hydrogen) atoms. The van der Waals surface area contributed by atoms with Gasteiger partial charge in [-0.3, -0.25) is 14.1 Å². The van der Waals surface area contributed by atoms with Crippen LogP contribution in [-0.2, 0) is 10.1 Å². The van der Waals surface area contributed by atoms with E-state index < -0.39 is 10.1 Å². The standard InChI is InChI=1S/C19H18ClN5.CH4O3S/c1-24(2)11-16-19-23-21-12-25(19)17-9-8-14(20)10-15(17)18(22-16)13-6-4-3-5-7-13;1-5(2,3)4/h3-10,12,16H,11H2,1-2H3;1H3,(H,2,3,4). The van der Waals surface area contributed by atoms with E-state index >= 15 is 0 Å². The summed E-state index contributed by atoms with van der Waals surface area (Å²) < 4.78 is 27.9. The molecule has 1 unspecified atom stereocenters. The Hall–Kier alpha value is -2.59. The topological polar surface area (TPSA) is 101 Å². The maximum atomic E-state index is 9.19. The summed E-state index contributed by atoms with van der Waals surface area (Å²) in [6.45, 7) is 0.747. The van der Waals surface area contributed by atoms with Crippen molar-refractivity contribution in [2.45, 2.75) is 6.04 Å². The minimum absolute atomic E-state index is 0.112. The number of halogens is 1. The Bertz CT molecular complexity index is 1150. The first kappa shape index (κ1) is 22.1. The summed E-state index contributed by atoms with van der Waals surface area (Å²) in [7, 11) is 0.403. The van der Waals surface area contributed by atoms with E-state index in [-0.39, 0.29) is 6.04 Å². The Kier molecular flexibility index (Phi) is 6.67. The predicted octanol–water partition coefficient (Wildman–Crippen LogP) is 2.88. The lowest BCUT2D eigenvalue weighted by molar-refractivity contribution is 0.370. The molecule has 158 valence electrons. The van der Waals surface area contributed by atoms with Crippen molar-refractivity contribution in [2.75, 3.05) is 26.9 Å². The van der Waals surface area contributed by atoms with Crippen LogP contribution in [0.15, 0.2) is 59.9 Å². The average Bonchev–Trinajstić information content (AvgIpc) is 3.09. The minimum atomic E-state index is -3.67. The summed E-state index contributed by atoms with van der Waals surface area (Å²) in [4.78, 5) is 7.18. The molecule has 0 radical (unpaired) electrons. The Morgan fingerprint density at radius 1 is 1.17 bits per heavy atom. The van der Waals surface area contributed by atoms with Crippen LogP contribution in [0.4, 0.5) is 0 Å². The van der Waals surface area contributed by atoms with Crippen LogP contribution < -0.4 is 0 Å². The van der Waals surface area contributed by atoms with E-state index in [1.54, 1.807) is 6.33 Å². The zero-order valence-corrected chi connectivity index (χ0v) is 18.3. The van der Waals surface area contributed by atoms with Crippen molar-refractivity contribution >= 4 is 27.4 Å². The maximum absolute atomic E-state index is 9.19. The fourth-order valence-corrected chi connectivity index (χ4v) is 3.31. The zero-order chi connectivity index (χ0) is 21.9. The van der Waals surface area contributed by atoms with Crippen LogP contribution in [0.2, 0.25) is 5.02 Å². The van der Waals surface area contributed by atoms with Gasteiger partial charge in [0.2, 0.25) is 0 Å². The average molecular weight is 448 g/mol. The van der Waals surface area contributed by atoms with Gasteiger partial charge in [-0.05, 0) is 32.3 Å². The van der Waals surface area contributed by atoms with E-state index in [1.807, 2.05) is 55.1 Å². The molecule has 3 aromatic rings. The molecule has 1 atom stereocenters. The lowest BCUT2D eigenvalue weighted by Gasteiger charge is -2.16. The Morgan fingerprint density at radius 3 is 2.47 bits per heavy atom. The highest BCUT2D eigenvalue weighted by Crippen LogP contribution is 2.31. The molecule has 2 heterocycles. The summed E-state index contributed by atoms with van der Waals surface area (Å²) in [5.74, 6) is 0.836. The molecule has 4 rings (SSSR count). The molecule has 2 aromatic carbocycles.